The molecule has 0 bridgehead atoms. The van der Waals surface area contributed by atoms with Gasteiger partial charge in [0.05, 0.1) is 6.54 Å². The van der Waals surface area contributed by atoms with Crippen LogP contribution < -0.4 is 0 Å². The van der Waals surface area contributed by atoms with E-state index in [4.69, 9.17) is 4.74 Å². The summed E-state index contributed by atoms with van der Waals surface area (Å²) in [4.78, 5) is 34.6. The summed E-state index contributed by atoms with van der Waals surface area (Å²) in [6.45, 7) is 6.05. The van der Waals surface area contributed by atoms with Crippen molar-refractivity contribution in [3.8, 4) is 0 Å². The van der Waals surface area contributed by atoms with Crippen molar-refractivity contribution in [1.29, 1.82) is 0 Å². The Morgan fingerprint density at radius 2 is 2.30 bits per heavy atom. The van der Waals surface area contributed by atoms with E-state index in [-0.39, 0.29) is 11.6 Å². The first-order chi connectivity index (χ1) is 11.1. The average Bonchev–Trinajstić information content (AvgIpc) is 3.07. The molecule has 0 aliphatic heterocycles. The molecule has 2 aromatic rings. The van der Waals surface area contributed by atoms with Gasteiger partial charge in [-0.25, -0.2) is 14.8 Å². The Bertz CT molecular complexity index is 658. The van der Waals surface area contributed by atoms with Crippen LogP contribution in [0, 0.1) is 0 Å². The second-order valence-corrected chi connectivity index (χ2v) is 5.76. The van der Waals surface area contributed by atoms with Crippen LogP contribution in [0.3, 0.4) is 0 Å². The largest absolute Gasteiger partial charge is 0.448 e. The van der Waals surface area contributed by atoms with E-state index < -0.39 is 12.1 Å². The Labute approximate surface area is 138 Å². The summed E-state index contributed by atoms with van der Waals surface area (Å²) in [5, 5.41) is 1.95. The number of aromatic nitrogens is 2. The molecule has 7 heteroatoms. The summed E-state index contributed by atoms with van der Waals surface area (Å²) in [6.07, 6.45) is 3.43. The van der Waals surface area contributed by atoms with Crippen LogP contribution in [0.15, 0.2) is 48.8 Å². The van der Waals surface area contributed by atoms with E-state index in [2.05, 4.69) is 16.5 Å². The number of thiophene rings is 1. The molecule has 1 atom stereocenters. The molecule has 6 nitrogen and oxygen atoms in total. The number of carbonyl (C=O) groups excluding carboxylic acids is 2. The van der Waals surface area contributed by atoms with E-state index in [0.29, 0.717) is 13.1 Å². The van der Waals surface area contributed by atoms with Crippen LogP contribution in [0.5, 0.6) is 0 Å². The lowest BCUT2D eigenvalue weighted by atomic mass is 10.3. The van der Waals surface area contributed by atoms with E-state index in [1.807, 2.05) is 17.5 Å². The molecular weight excluding hydrogens is 314 g/mol. The molecule has 1 amide bonds. The number of amides is 1. The number of ether oxygens (including phenoxy) is 1. The maximum atomic E-state index is 12.5. The van der Waals surface area contributed by atoms with E-state index in [9.17, 15) is 9.59 Å². The minimum Gasteiger partial charge on any atom is -0.448 e. The molecule has 2 aromatic heterocycles. The van der Waals surface area contributed by atoms with Gasteiger partial charge in [0.1, 0.15) is 6.33 Å². The molecular formula is C16H17N3O3S. The zero-order valence-corrected chi connectivity index (χ0v) is 13.5. The predicted molar refractivity (Wildman–Crippen MR) is 86.8 cm³/mol. The maximum Gasteiger partial charge on any atom is 0.357 e. The second-order valence-electron chi connectivity index (χ2n) is 4.73. The summed E-state index contributed by atoms with van der Waals surface area (Å²) in [5.74, 6) is -0.927. The van der Waals surface area contributed by atoms with E-state index in [1.54, 1.807) is 29.2 Å². The van der Waals surface area contributed by atoms with Crippen LogP contribution >= 0.6 is 11.3 Å². The third-order valence-corrected chi connectivity index (χ3v) is 3.87. The Morgan fingerprint density at radius 3 is 2.91 bits per heavy atom. The monoisotopic (exact) mass is 331 g/mol. The van der Waals surface area contributed by atoms with Crippen LogP contribution in [0.2, 0.25) is 0 Å². The summed E-state index contributed by atoms with van der Waals surface area (Å²) < 4.78 is 5.19. The average molecular weight is 331 g/mol. The van der Waals surface area contributed by atoms with Crippen molar-refractivity contribution in [2.75, 3.05) is 6.54 Å². The molecule has 0 aliphatic carbocycles. The first-order valence-electron chi connectivity index (χ1n) is 7.01. The third-order valence-electron chi connectivity index (χ3n) is 3.01. The smallest absolute Gasteiger partial charge is 0.357 e. The van der Waals surface area contributed by atoms with Gasteiger partial charge in [-0.15, -0.1) is 17.9 Å². The van der Waals surface area contributed by atoms with Gasteiger partial charge in [0.2, 0.25) is 0 Å². The minimum atomic E-state index is -0.905. The number of hydrogen-bond acceptors (Lipinski definition) is 6. The summed E-state index contributed by atoms with van der Waals surface area (Å²) in [7, 11) is 0. The standard InChI is InChI=1S/C16H17N3O3S/c1-3-8-19(10-13-5-4-9-23-13)15(20)12(2)22-16(21)14-6-7-17-11-18-14/h3-7,9,11-12H,1,8,10H2,2H3. The molecule has 0 saturated carbocycles. The molecule has 0 fully saturated rings. The summed E-state index contributed by atoms with van der Waals surface area (Å²) >= 11 is 1.56. The zero-order valence-electron chi connectivity index (χ0n) is 12.7. The molecule has 2 rings (SSSR count). The van der Waals surface area contributed by atoms with E-state index in [1.165, 1.54) is 18.6 Å². The van der Waals surface area contributed by atoms with Crippen molar-refractivity contribution < 1.29 is 14.3 Å². The number of rotatable bonds is 7. The van der Waals surface area contributed by atoms with Crippen LogP contribution in [-0.2, 0) is 16.1 Å². The molecule has 0 spiro atoms. The lowest BCUT2D eigenvalue weighted by Crippen LogP contribution is -2.39. The van der Waals surface area contributed by atoms with Crippen molar-refractivity contribution in [1.82, 2.24) is 14.9 Å². The van der Waals surface area contributed by atoms with Crippen LogP contribution in [0.4, 0.5) is 0 Å². The van der Waals surface area contributed by atoms with E-state index >= 15 is 0 Å². The van der Waals surface area contributed by atoms with Gasteiger partial charge in [-0.3, -0.25) is 4.79 Å². The Kier molecular flexibility index (Phi) is 5.99. The Balaban J connectivity index is 2.00. The van der Waals surface area contributed by atoms with Crippen LogP contribution in [0.1, 0.15) is 22.3 Å². The van der Waals surface area contributed by atoms with Gasteiger partial charge >= 0.3 is 5.97 Å². The van der Waals surface area contributed by atoms with Gasteiger partial charge in [-0.2, -0.15) is 0 Å². The fraction of sp³-hybridized carbons (Fsp3) is 0.250. The van der Waals surface area contributed by atoms with Gasteiger partial charge in [0, 0.05) is 17.6 Å². The van der Waals surface area contributed by atoms with Gasteiger partial charge in [-0.05, 0) is 24.4 Å². The van der Waals surface area contributed by atoms with E-state index in [0.717, 1.165) is 4.88 Å². The quantitative estimate of drug-likeness (QED) is 0.575. The van der Waals surface area contributed by atoms with Crippen molar-refractivity contribution in [3.05, 3.63) is 59.3 Å². The first kappa shape index (κ1) is 16.8. The SMILES string of the molecule is C=CCN(Cc1cccs1)C(=O)C(C)OC(=O)c1ccncn1. The highest BCUT2D eigenvalue weighted by Gasteiger charge is 2.24. The number of nitrogens with zero attached hydrogens (tertiary/aromatic N) is 3. The van der Waals surface area contributed by atoms with Crippen LogP contribution in [0.25, 0.3) is 0 Å². The Morgan fingerprint density at radius 1 is 1.48 bits per heavy atom. The van der Waals surface area contributed by atoms with Crippen molar-refractivity contribution >= 4 is 23.2 Å². The van der Waals surface area contributed by atoms with Gasteiger partial charge in [0.25, 0.3) is 5.91 Å². The molecule has 0 aromatic carbocycles. The van der Waals surface area contributed by atoms with Crippen molar-refractivity contribution in [2.45, 2.75) is 19.6 Å². The fourth-order valence-corrected chi connectivity index (χ4v) is 2.64. The lowest BCUT2D eigenvalue weighted by molar-refractivity contribution is -0.139. The molecule has 0 radical (unpaired) electrons. The predicted octanol–water partition coefficient (Wildman–Crippen LogP) is 2.30. The minimum absolute atomic E-state index is 0.119. The van der Waals surface area contributed by atoms with Gasteiger partial charge in [0.15, 0.2) is 11.8 Å². The van der Waals surface area contributed by atoms with Gasteiger partial charge < -0.3 is 9.64 Å². The molecule has 1 unspecified atom stereocenters. The molecule has 0 N–H and O–H groups in total. The number of hydrogen-bond donors (Lipinski definition) is 0. The normalized spacial score (nSPS) is 11.5. The highest BCUT2D eigenvalue weighted by Crippen LogP contribution is 2.14. The topological polar surface area (TPSA) is 72.4 Å². The van der Waals surface area contributed by atoms with Gasteiger partial charge in [-0.1, -0.05) is 12.1 Å². The highest BCUT2D eigenvalue weighted by atomic mass is 32.1. The number of esters is 1. The molecule has 120 valence electrons. The first-order valence-corrected chi connectivity index (χ1v) is 7.89. The second kappa shape index (κ2) is 8.19. The molecule has 0 aliphatic rings. The molecule has 2 heterocycles. The molecule has 0 saturated heterocycles. The highest BCUT2D eigenvalue weighted by molar-refractivity contribution is 7.09. The lowest BCUT2D eigenvalue weighted by Gasteiger charge is -2.24. The fourth-order valence-electron chi connectivity index (χ4n) is 1.92. The van der Waals surface area contributed by atoms with Crippen molar-refractivity contribution in [2.24, 2.45) is 0 Å². The summed E-state index contributed by atoms with van der Waals surface area (Å²) in [6, 6.07) is 5.31. The zero-order chi connectivity index (χ0) is 16.7. The van der Waals surface area contributed by atoms with Crippen molar-refractivity contribution in [3.63, 3.8) is 0 Å². The maximum absolute atomic E-state index is 12.5. The summed E-state index contributed by atoms with van der Waals surface area (Å²) in [5.41, 5.74) is 0.119. The number of carbonyl (C=O) groups is 2. The third kappa shape index (κ3) is 4.72. The van der Waals surface area contributed by atoms with Crippen LogP contribution in [-0.4, -0.2) is 39.4 Å². The Hall–Kier alpha value is -2.54. The molecule has 23 heavy (non-hydrogen) atoms.